The summed E-state index contributed by atoms with van der Waals surface area (Å²) < 4.78 is 38.0. The van der Waals surface area contributed by atoms with Gasteiger partial charge in [-0.25, -0.2) is 13.1 Å². The molecule has 0 spiro atoms. The summed E-state index contributed by atoms with van der Waals surface area (Å²) in [4.78, 5) is 1.67. The molecule has 2 aromatic carbocycles. The highest BCUT2D eigenvalue weighted by Crippen LogP contribution is 2.31. The van der Waals surface area contributed by atoms with E-state index in [0.29, 0.717) is 11.5 Å². The normalized spacial score (nSPS) is 12.5. The average molecular weight is 440 g/mol. The third-order valence-electron chi connectivity index (χ3n) is 4.91. The van der Waals surface area contributed by atoms with Crippen molar-refractivity contribution in [3.05, 3.63) is 59.2 Å². The van der Waals surface area contributed by atoms with Gasteiger partial charge >= 0.3 is 0 Å². The topological polar surface area (TPSA) is 95.6 Å². The third kappa shape index (κ3) is 4.97. The zero-order valence-corrected chi connectivity index (χ0v) is 18.8. The van der Waals surface area contributed by atoms with Crippen LogP contribution in [-0.4, -0.2) is 42.8 Å². The van der Waals surface area contributed by atoms with Crippen molar-refractivity contribution in [2.45, 2.75) is 6.92 Å². The van der Waals surface area contributed by atoms with Crippen LogP contribution in [0.15, 0.2) is 57.9 Å². The van der Waals surface area contributed by atoms with Gasteiger partial charge in [0.25, 0.3) is 10.0 Å². The minimum Gasteiger partial charge on any atom is -0.456 e. The van der Waals surface area contributed by atoms with Gasteiger partial charge in [0.05, 0.1) is 6.61 Å². The molecule has 3 rings (SSSR count). The van der Waals surface area contributed by atoms with Crippen LogP contribution in [0, 0.1) is 11.3 Å². The van der Waals surface area contributed by atoms with Crippen LogP contribution < -0.4 is 9.62 Å². The lowest BCUT2D eigenvalue weighted by molar-refractivity contribution is 0.204. The minimum atomic E-state index is -3.96. The quantitative estimate of drug-likeness (QED) is 0.421. The Kier molecular flexibility index (Phi) is 6.81. The van der Waals surface area contributed by atoms with Gasteiger partial charge in [0.1, 0.15) is 17.6 Å². The molecule has 31 heavy (non-hydrogen) atoms. The van der Waals surface area contributed by atoms with Crippen molar-refractivity contribution in [3.8, 4) is 17.4 Å². The molecule has 0 aliphatic carbocycles. The molecule has 1 heterocycles. The van der Waals surface area contributed by atoms with Crippen LogP contribution in [0.1, 0.15) is 12.7 Å². The van der Waals surface area contributed by atoms with E-state index in [1.165, 1.54) is 7.11 Å². The maximum atomic E-state index is 12.5. The van der Waals surface area contributed by atoms with Crippen molar-refractivity contribution in [2.24, 2.45) is 0 Å². The Morgan fingerprint density at radius 3 is 2.52 bits per heavy atom. The molecule has 0 saturated heterocycles. The number of furan rings is 1. The molecule has 0 aliphatic rings. The van der Waals surface area contributed by atoms with Crippen molar-refractivity contribution in [1.82, 2.24) is 4.72 Å². The molecule has 1 N–H and O–H groups in total. The highest BCUT2D eigenvalue weighted by atomic mass is 32.2. The Labute approximate surface area is 182 Å². The van der Waals surface area contributed by atoms with E-state index in [9.17, 15) is 13.7 Å². The van der Waals surface area contributed by atoms with Crippen molar-refractivity contribution in [1.29, 1.82) is 5.26 Å². The SMILES string of the molecule is COCCNS(=O)(=O)/C(C#N)=C(\C)c1ccc(-c2ccc3cc(N(C)C)ccc3c2)o1. The van der Waals surface area contributed by atoms with E-state index in [2.05, 4.69) is 16.9 Å². The van der Waals surface area contributed by atoms with Crippen LogP contribution in [0.3, 0.4) is 0 Å². The van der Waals surface area contributed by atoms with Crippen LogP contribution in [0.4, 0.5) is 5.69 Å². The number of benzene rings is 2. The number of hydrogen-bond acceptors (Lipinski definition) is 6. The van der Waals surface area contributed by atoms with Crippen molar-refractivity contribution < 1.29 is 17.6 Å². The number of nitrogens with one attached hydrogen (secondary N) is 1. The zero-order valence-electron chi connectivity index (χ0n) is 18.0. The summed E-state index contributed by atoms with van der Waals surface area (Å²) in [6.07, 6.45) is 0. The van der Waals surface area contributed by atoms with Crippen molar-refractivity contribution in [3.63, 3.8) is 0 Å². The highest BCUT2D eigenvalue weighted by Gasteiger charge is 2.22. The predicted molar refractivity (Wildman–Crippen MR) is 123 cm³/mol. The molecule has 0 radical (unpaired) electrons. The molecule has 0 aliphatic heterocycles. The first-order chi connectivity index (χ1) is 14.8. The molecular formula is C23H25N3O4S. The lowest BCUT2D eigenvalue weighted by Gasteiger charge is -2.13. The summed E-state index contributed by atoms with van der Waals surface area (Å²) in [5.41, 5.74) is 2.23. The number of fused-ring (bicyclic) bond motifs is 1. The van der Waals surface area contributed by atoms with Gasteiger partial charge < -0.3 is 14.1 Å². The van der Waals surface area contributed by atoms with Crippen LogP contribution in [0.25, 0.3) is 27.7 Å². The Balaban J connectivity index is 1.93. The third-order valence-corrected chi connectivity index (χ3v) is 6.43. The van der Waals surface area contributed by atoms with Gasteiger partial charge in [0.2, 0.25) is 0 Å². The molecule has 7 nitrogen and oxygen atoms in total. The van der Waals surface area contributed by atoms with Crippen molar-refractivity contribution >= 4 is 32.1 Å². The first-order valence-corrected chi connectivity index (χ1v) is 11.2. The first-order valence-electron chi connectivity index (χ1n) is 9.68. The van der Waals surface area contributed by atoms with Gasteiger partial charge in [0, 0.05) is 44.6 Å². The predicted octanol–water partition coefficient (Wildman–Crippen LogP) is 3.99. The lowest BCUT2D eigenvalue weighted by atomic mass is 10.0. The van der Waals surface area contributed by atoms with Gasteiger partial charge in [-0.05, 0) is 48.0 Å². The zero-order chi connectivity index (χ0) is 22.6. The molecule has 162 valence electrons. The molecule has 8 heteroatoms. The Hall–Kier alpha value is -3.12. The summed E-state index contributed by atoms with van der Waals surface area (Å²) in [5.74, 6) is 0.918. The van der Waals surface area contributed by atoms with E-state index < -0.39 is 10.0 Å². The lowest BCUT2D eigenvalue weighted by Crippen LogP contribution is -2.28. The summed E-state index contributed by atoms with van der Waals surface area (Å²) >= 11 is 0. The number of nitrogens with zero attached hydrogens (tertiary/aromatic N) is 2. The van der Waals surface area contributed by atoms with Gasteiger partial charge in [-0.15, -0.1) is 0 Å². The minimum absolute atomic E-state index is 0.0767. The number of allylic oxidation sites excluding steroid dienone is 2. The summed E-state index contributed by atoms with van der Waals surface area (Å²) in [7, 11) is 1.51. The molecule has 0 bridgehead atoms. The number of nitriles is 1. The number of sulfonamides is 1. The van der Waals surface area contributed by atoms with Crippen molar-refractivity contribution in [2.75, 3.05) is 39.3 Å². The van der Waals surface area contributed by atoms with E-state index in [-0.39, 0.29) is 23.6 Å². The Bertz CT molecular complexity index is 1270. The fourth-order valence-electron chi connectivity index (χ4n) is 3.17. The number of hydrogen-bond donors (Lipinski definition) is 1. The van der Waals surface area contributed by atoms with Crippen LogP contribution in [-0.2, 0) is 14.8 Å². The number of rotatable bonds is 8. The molecule has 0 fully saturated rings. The molecule has 0 unspecified atom stereocenters. The highest BCUT2D eigenvalue weighted by molar-refractivity contribution is 7.93. The molecule has 1 aromatic heterocycles. The fourth-order valence-corrected chi connectivity index (χ4v) is 4.29. The van der Waals surface area contributed by atoms with E-state index in [4.69, 9.17) is 9.15 Å². The van der Waals surface area contributed by atoms with E-state index in [1.807, 2.05) is 43.3 Å². The summed E-state index contributed by atoms with van der Waals surface area (Å²) in [6.45, 7) is 1.84. The standard InChI is InChI=1S/C23H25N3O4S/c1-16(23(15-24)31(27,28)25-11-12-29-4)21-9-10-22(30-21)19-6-5-18-14-20(26(2)3)8-7-17(18)13-19/h5-10,13-14,25H,11-12H2,1-4H3/b23-16+. The van der Waals surface area contributed by atoms with Gasteiger partial charge in [-0.3, -0.25) is 0 Å². The summed E-state index contributed by atoms with van der Waals surface area (Å²) in [5, 5.41) is 11.6. The van der Waals surface area contributed by atoms with Crippen LogP contribution in [0.5, 0.6) is 0 Å². The van der Waals surface area contributed by atoms with E-state index in [1.54, 1.807) is 25.1 Å². The first kappa shape index (κ1) is 22.6. The average Bonchev–Trinajstić information content (AvgIpc) is 3.23. The van der Waals surface area contributed by atoms with E-state index in [0.717, 1.165) is 22.0 Å². The molecule has 0 saturated carbocycles. The number of methoxy groups -OCH3 is 1. The monoisotopic (exact) mass is 439 g/mol. The molecule has 0 amide bonds. The van der Waals surface area contributed by atoms with Gasteiger partial charge in [0.15, 0.2) is 4.91 Å². The smallest absolute Gasteiger partial charge is 0.251 e. The second-order valence-corrected chi connectivity index (χ2v) is 8.96. The van der Waals surface area contributed by atoms with E-state index >= 15 is 0 Å². The second-order valence-electron chi connectivity index (χ2n) is 7.26. The van der Waals surface area contributed by atoms with Gasteiger partial charge in [-0.2, -0.15) is 5.26 Å². The Morgan fingerprint density at radius 2 is 1.84 bits per heavy atom. The van der Waals surface area contributed by atoms with Gasteiger partial charge in [-0.1, -0.05) is 18.2 Å². The largest absolute Gasteiger partial charge is 0.456 e. The molecular weight excluding hydrogens is 414 g/mol. The number of anilines is 1. The molecule has 3 aromatic rings. The van der Waals surface area contributed by atoms with Crippen LogP contribution >= 0.6 is 0 Å². The fraction of sp³-hybridized carbons (Fsp3) is 0.261. The Morgan fingerprint density at radius 1 is 1.13 bits per heavy atom. The van der Waals surface area contributed by atoms with Crippen LogP contribution in [0.2, 0.25) is 0 Å². The maximum Gasteiger partial charge on any atom is 0.251 e. The summed E-state index contributed by atoms with van der Waals surface area (Å²) in [6, 6.07) is 17.4. The molecule has 0 atom stereocenters. The maximum absolute atomic E-state index is 12.5. The number of ether oxygens (including phenoxy) is 1. The second kappa shape index (κ2) is 9.35.